The highest BCUT2D eigenvalue weighted by Crippen LogP contribution is 2.17. The van der Waals surface area contributed by atoms with E-state index in [0.717, 1.165) is 11.0 Å². The lowest BCUT2D eigenvalue weighted by Crippen LogP contribution is -2.53. The van der Waals surface area contributed by atoms with Crippen LogP contribution >= 0.6 is 0 Å². The number of methoxy groups -OCH3 is 1. The number of likely N-dealkylation sites (tertiary alicyclic amines) is 1. The predicted octanol–water partition coefficient (Wildman–Crippen LogP) is 0.711. The van der Waals surface area contributed by atoms with Crippen LogP contribution in [0.3, 0.4) is 0 Å². The Morgan fingerprint density at radius 2 is 2.14 bits per heavy atom. The largest absolute Gasteiger partial charge is 0.497 e. The van der Waals surface area contributed by atoms with Gasteiger partial charge < -0.3 is 10.1 Å². The smallest absolute Gasteiger partial charge is 0.254 e. The third kappa shape index (κ3) is 3.01. The van der Waals surface area contributed by atoms with E-state index >= 15 is 0 Å². The maximum atomic E-state index is 13.8. The fourth-order valence-electron chi connectivity index (χ4n) is 2.09. The summed E-state index contributed by atoms with van der Waals surface area (Å²) in [6, 6.07) is 3.01. The molecule has 1 aromatic carbocycles. The second-order valence-corrected chi connectivity index (χ2v) is 4.70. The van der Waals surface area contributed by atoms with Crippen LogP contribution in [0, 0.1) is 5.82 Å². The molecule has 1 N–H and O–H groups in total. The van der Waals surface area contributed by atoms with E-state index in [1.165, 1.54) is 26.3 Å². The number of piperidine rings is 1. The highest BCUT2D eigenvalue weighted by atomic mass is 19.1. The molecule has 7 heteroatoms. The molecule has 0 saturated carbocycles. The van der Waals surface area contributed by atoms with Gasteiger partial charge in [-0.1, -0.05) is 0 Å². The van der Waals surface area contributed by atoms with Crippen molar-refractivity contribution in [1.29, 1.82) is 0 Å². The van der Waals surface area contributed by atoms with Gasteiger partial charge in [0.05, 0.1) is 12.7 Å². The molecule has 1 aliphatic rings. The van der Waals surface area contributed by atoms with Crippen LogP contribution in [0.15, 0.2) is 18.2 Å². The molecule has 1 fully saturated rings. The van der Waals surface area contributed by atoms with Crippen molar-refractivity contribution in [1.82, 2.24) is 10.2 Å². The number of likely N-dealkylation sites (N-methyl/N-ethyl adjacent to an activating group) is 1. The first-order valence-electron chi connectivity index (χ1n) is 6.39. The van der Waals surface area contributed by atoms with Gasteiger partial charge in [-0.25, -0.2) is 4.39 Å². The minimum atomic E-state index is -0.818. The lowest BCUT2D eigenvalue weighted by Gasteiger charge is -2.28. The van der Waals surface area contributed by atoms with Gasteiger partial charge in [0, 0.05) is 19.5 Å². The average Bonchev–Trinajstić information content (AvgIpc) is 2.47. The number of nitrogens with zero attached hydrogens (tertiary/aromatic N) is 1. The first-order valence-corrected chi connectivity index (χ1v) is 6.39. The Hall–Kier alpha value is -2.44. The zero-order valence-electron chi connectivity index (χ0n) is 11.7. The number of imide groups is 1. The number of hydrogen-bond acceptors (Lipinski definition) is 4. The molecule has 0 spiro atoms. The first-order chi connectivity index (χ1) is 9.93. The minimum absolute atomic E-state index is 0.165. The molecular weight excluding hydrogens is 279 g/mol. The van der Waals surface area contributed by atoms with Crippen LogP contribution in [0.25, 0.3) is 0 Å². The second-order valence-electron chi connectivity index (χ2n) is 4.70. The van der Waals surface area contributed by atoms with Crippen molar-refractivity contribution in [2.45, 2.75) is 18.9 Å². The molecule has 112 valence electrons. The molecule has 0 aliphatic carbocycles. The monoisotopic (exact) mass is 294 g/mol. The van der Waals surface area contributed by atoms with Crippen molar-refractivity contribution in [3.05, 3.63) is 29.6 Å². The summed E-state index contributed by atoms with van der Waals surface area (Å²) in [4.78, 5) is 36.2. The van der Waals surface area contributed by atoms with Crippen molar-refractivity contribution in [2.24, 2.45) is 0 Å². The van der Waals surface area contributed by atoms with Gasteiger partial charge in [-0.2, -0.15) is 0 Å². The molecule has 1 heterocycles. The van der Waals surface area contributed by atoms with Crippen LogP contribution in [0.2, 0.25) is 0 Å². The Kier molecular flexibility index (Phi) is 4.21. The number of amides is 3. The van der Waals surface area contributed by atoms with Gasteiger partial charge in [0.2, 0.25) is 5.91 Å². The fraction of sp³-hybridized carbons (Fsp3) is 0.357. The van der Waals surface area contributed by atoms with Crippen LogP contribution in [0.5, 0.6) is 5.75 Å². The van der Waals surface area contributed by atoms with Gasteiger partial charge in [-0.05, 0) is 18.6 Å². The van der Waals surface area contributed by atoms with Gasteiger partial charge in [-0.15, -0.1) is 0 Å². The highest BCUT2D eigenvalue weighted by molar-refractivity contribution is 6.03. The molecule has 1 aliphatic heterocycles. The molecule has 0 radical (unpaired) electrons. The van der Waals surface area contributed by atoms with Crippen molar-refractivity contribution >= 4 is 17.7 Å². The summed E-state index contributed by atoms with van der Waals surface area (Å²) in [5, 5.41) is 2.45. The standard InChI is InChI=1S/C14H15FN2O4/c1-17-12(18)6-5-11(14(17)20)16-13(19)9-4-3-8(21-2)7-10(9)15/h3-4,7,11H,5-6H2,1-2H3,(H,16,19). The van der Waals surface area contributed by atoms with Crippen molar-refractivity contribution in [3.63, 3.8) is 0 Å². The van der Waals surface area contributed by atoms with Gasteiger partial charge in [0.25, 0.3) is 11.8 Å². The molecule has 1 unspecified atom stereocenters. The van der Waals surface area contributed by atoms with Crippen LogP contribution < -0.4 is 10.1 Å². The molecule has 0 aromatic heterocycles. The van der Waals surface area contributed by atoms with Gasteiger partial charge >= 0.3 is 0 Å². The Bertz CT molecular complexity index is 603. The summed E-state index contributed by atoms with van der Waals surface area (Å²) in [7, 11) is 2.75. The lowest BCUT2D eigenvalue weighted by atomic mass is 10.0. The summed E-state index contributed by atoms with van der Waals surface area (Å²) in [6.07, 6.45) is 0.379. The Balaban J connectivity index is 2.11. The van der Waals surface area contributed by atoms with E-state index in [4.69, 9.17) is 4.74 Å². The predicted molar refractivity (Wildman–Crippen MR) is 71.2 cm³/mol. The number of ether oxygens (including phenoxy) is 1. The molecule has 3 amide bonds. The number of carbonyl (C=O) groups excluding carboxylic acids is 3. The Morgan fingerprint density at radius 3 is 2.76 bits per heavy atom. The van der Waals surface area contributed by atoms with Gasteiger partial charge in [0.15, 0.2) is 0 Å². The van der Waals surface area contributed by atoms with Crippen LogP contribution in [0.4, 0.5) is 4.39 Å². The van der Waals surface area contributed by atoms with Crippen LogP contribution in [-0.2, 0) is 9.59 Å². The highest BCUT2D eigenvalue weighted by Gasteiger charge is 2.33. The van der Waals surface area contributed by atoms with Crippen molar-refractivity contribution < 1.29 is 23.5 Å². The topological polar surface area (TPSA) is 75.7 Å². The molecule has 1 atom stereocenters. The lowest BCUT2D eigenvalue weighted by molar-refractivity contribution is -0.147. The van der Waals surface area contributed by atoms with E-state index in [2.05, 4.69) is 5.32 Å². The van der Waals surface area contributed by atoms with Gasteiger partial charge in [0.1, 0.15) is 17.6 Å². The fourth-order valence-corrected chi connectivity index (χ4v) is 2.09. The molecular formula is C14H15FN2O4. The van der Waals surface area contributed by atoms with Crippen LogP contribution in [-0.4, -0.2) is 42.8 Å². The van der Waals surface area contributed by atoms with E-state index < -0.39 is 23.7 Å². The van der Waals surface area contributed by atoms with Crippen molar-refractivity contribution in [2.75, 3.05) is 14.2 Å². The zero-order chi connectivity index (χ0) is 15.6. The number of nitrogens with one attached hydrogen (secondary N) is 1. The van der Waals surface area contributed by atoms with Gasteiger partial charge in [-0.3, -0.25) is 19.3 Å². The molecule has 6 nitrogen and oxygen atoms in total. The number of rotatable bonds is 3. The van der Waals surface area contributed by atoms with E-state index in [1.54, 1.807) is 0 Å². The quantitative estimate of drug-likeness (QED) is 0.833. The summed E-state index contributed by atoms with van der Waals surface area (Å²) in [6.45, 7) is 0. The van der Waals surface area contributed by atoms with Crippen LogP contribution in [0.1, 0.15) is 23.2 Å². The molecule has 21 heavy (non-hydrogen) atoms. The maximum absolute atomic E-state index is 13.8. The maximum Gasteiger partial charge on any atom is 0.254 e. The zero-order valence-corrected chi connectivity index (χ0v) is 11.7. The molecule has 2 rings (SSSR count). The molecule has 1 aromatic rings. The Labute approximate surface area is 120 Å². The van der Waals surface area contributed by atoms with E-state index in [0.29, 0.717) is 5.75 Å². The number of carbonyl (C=O) groups is 3. The summed E-state index contributed by atoms with van der Waals surface area (Å²) in [5.41, 5.74) is -0.178. The summed E-state index contributed by atoms with van der Waals surface area (Å²) in [5.74, 6) is -1.92. The number of benzene rings is 1. The van der Waals surface area contributed by atoms with E-state index in [9.17, 15) is 18.8 Å². The molecule has 1 saturated heterocycles. The minimum Gasteiger partial charge on any atom is -0.497 e. The third-order valence-corrected chi connectivity index (χ3v) is 3.38. The van der Waals surface area contributed by atoms with E-state index in [1.807, 2.05) is 0 Å². The number of halogens is 1. The third-order valence-electron chi connectivity index (χ3n) is 3.38. The normalized spacial score (nSPS) is 18.6. The molecule has 0 bridgehead atoms. The van der Waals surface area contributed by atoms with Crippen molar-refractivity contribution in [3.8, 4) is 5.75 Å². The number of hydrogen-bond donors (Lipinski definition) is 1. The first kappa shape index (κ1) is 15.0. The van der Waals surface area contributed by atoms with E-state index in [-0.39, 0.29) is 24.3 Å². The summed E-state index contributed by atoms with van der Waals surface area (Å²) >= 11 is 0. The Morgan fingerprint density at radius 1 is 1.43 bits per heavy atom. The summed E-state index contributed by atoms with van der Waals surface area (Å²) < 4.78 is 18.6. The average molecular weight is 294 g/mol. The second kappa shape index (κ2) is 5.90. The SMILES string of the molecule is COc1ccc(C(=O)NC2CCC(=O)N(C)C2=O)c(F)c1.